The Morgan fingerprint density at radius 3 is 2.65 bits per heavy atom. The van der Waals surface area contributed by atoms with Gasteiger partial charge < -0.3 is 4.74 Å². The summed E-state index contributed by atoms with van der Waals surface area (Å²) in [7, 11) is 1.35. The summed E-state index contributed by atoms with van der Waals surface area (Å²) in [5, 5.41) is 2.66. The second-order valence-corrected chi connectivity index (χ2v) is 3.95. The zero-order valence-electron chi connectivity index (χ0n) is 9.31. The summed E-state index contributed by atoms with van der Waals surface area (Å²) in [6, 6.07) is 11.5. The molecule has 0 atom stereocenters. The third-order valence-corrected chi connectivity index (χ3v) is 2.80. The first-order chi connectivity index (χ1) is 8.22. The lowest BCUT2D eigenvalue weighted by atomic mass is 10.0. The number of ether oxygens (including phenoxy) is 1. The highest BCUT2D eigenvalue weighted by molar-refractivity contribution is 6.36. The second-order valence-electron chi connectivity index (χ2n) is 3.54. The zero-order chi connectivity index (χ0) is 12.3. The molecule has 2 aromatic rings. The van der Waals surface area contributed by atoms with E-state index in [0.29, 0.717) is 5.02 Å². The Morgan fingerprint density at radius 2 is 1.94 bits per heavy atom. The van der Waals surface area contributed by atoms with Crippen LogP contribution in [0.5, 0.6) is 0 Å². The molecule has 0 heterocycles. The van der Waals surface area contributed by atoms with Crippen molar-refractivity contribution in [1.29, 1.82) is 0 Å². The van der Waals surface area contributed by atoms with E-state index in [1.807, 2.05) is 36.4 Å². The van der Waals surface area contributed by atoms with Gasteiger partial charge in [0.2, 0.25) is 0 Å². The molecule has 0 spiro atoms. The molecule has 0 N–H and O–H groups in total. The Balaban J connectivity index is 2.54. The molecule has 0 unspecified atom stereocenters. The number of benzene rings is 2. The molecule has 0 saturated heterocycles. The normalized spacial score (nSPS) is 10.9. The molecule has 2 nitrogen and oxygen atoms in total. The molecule has 0 aliphatic carbocycles. The van der Waals surface area contributed by atoms with Gasteiger partial charge in [0.1, 0.15) is 0 Å². The molecule has 86 valence electrons. The van der Waals surface area contributed by atoms with E-state index in [-0.39, 0.29) is 5.97 Å². The zero-order valence-corrected chi connectivity index (χ0v) is 10.1. The third kappa shape index (κ3) is 2.48. The number of rotatable bonds is 2. The second kappa shape index (κ2) is 5.02. The Morgan fingerprint density at radius 1 is 1.24 bits per heavy atom. The number of halogens is 1. The summed E-state index contributed by atoms with van der Waals surface area (Å²) in [6.07, 6.45) is 3.10. The van der Waals surface area contributed by atoms with Crippen LogP contribution in [0.2, 0.25) is 5.02 Å². The van der Waals surface area contributed by atoms with Gasteiger partial charge in [-0.2, -0.15) is 0 Å². The van der Waals surface area contributed by atoms with Gasteiger partial charge in [0.15, 0.2) is 0 Å². The van der Waals surface area contributed by atoms with E-state index in [4.69, 9.17) is 11.6 Å². The summed E-state index contributed by atoms with van der Waals surface area (Å²) in [5.74, 6) is -0.381. The summed E-state index contributed by atoms with van der Waals surface area (Å²) >= 11 is 6.16. The van der Waals surface area contributed by atoms with Crippen LogP contribution >= 0.6 is 11.6 Å². The monoisotopic (exact) mass is 246 g/mol. The van der Waals surface area contributed by atoms with Crippen molar-refractivity contribution in [3.63, 3.8) is 0 Å². The van der Waals surface area contributed by atoms with Gasteiger partial charge in [-0.15, -0.1) is 0 Å². The quantitative estimate of drug-likeness (QED) is 0.597. The molecule has 0 aromatic heterocycles. The largest absolute Gasteiger partial charge is 0.466 e. The molecule has 2 rings (SSSR count). The van der Waals surface area contributed by atoms with Crippen molar-refractivity contribution in [3.05, 3.63) is 53.1 Å². The molecule has 0 bridgehead atoms. The number of hydrogen-bond acceptors (Lipinski definition) is 2. The minimum atomic E-state index is -0.381. The van der Waals surface area contributed by atoms with E-state index >= 15 is 0 Å². The number of fused-ring (bicyclic) bond motifs is 1. The van der Waals surface area contributed by atoms with E-state index < -0.39 is 0 Å². The maximum atomic E-state index is 11.1. The number of carbonyl (C=O) groups is 1. The van der Waals surface area contributed by atoms with Crippen molar-refractivity contribution >= 4 is 34.4 Å². The SMILES string of the molecule is COC(=O)C=Cc1cccc2cccc(Cl)c12. The Labute approximate surface area is 104 Å². The highest BCUT2D eigenvalue weighted by Gasteiger charge is 2.02. The molecular formula is C14H11ClO2. The molecule has 2 aromatic carbocycles. The third-order valence-electron chi connectivity index (χ3n) is 2.49. The maximum Gasteiger partial charge on any atom is 0.330 e. The van der Waals surface area contributed by atoms with Crippen LogP contribution < -0.4 is 0 Å². The topological polar surface area (TPSA) is 26.3 Å². The van der Waals surface area contributed by atoms with Gasteiger partial charge >= 0.3 is 5.97 Å². The van der Waals surface area contributed by atoms with E-state index in [1.165, 1.54) is 13.2 Å². The first-order valence-electron chi connectivity index (χ1n) is 5.15. The summed E-state index contributed by atoms with van der Waals surface area (Å²) in [4.78, 5) is 11.1. The Hall–Kier alpha value is -1.80. The van der Waals surface area contributed by atoms with Crippen molar-refractivity contribution in [2.24, 2.45) is 0 Å². The van der Waals surface area contributed by atoms with E-state index in [1.54, 1.807) is 6.08 Å². The molecule has 3 heteroatoms. The lowest BCUT2D eigenvalue weighted by molar-refractivity contribution is -0.134. The van der Waals surface area contributed by atoms with Gasteiger partial charge in [-0.1, -0.05) is 41.9 Å². The fraction of sp³-hybridized carbons (Fsp3) is 0.0714. The predicted molar refractivity (Wildman–Crippen MR) is 70.0 cm³/mol. The smallest absolute Gasteiger partial charge is 0.330 e. The molecule has 0 amide bonds. The molecular weight excluding hydrogens is 236 g/mol. The highest BCUT2D eigenvalue weighted by atomic mass is 35.5. The van der Waals surface area contributed by atoms with Crippen LogP contribution in [0.25, 0.3) is 16.8 Å². The number of esters is 1. The number of hydrogen-bond donors (Lipinski definition) is 0. The van der Waals surface area contributed by atoms with Gasteiger partial charge in [0, 0.05) is 16.5 Å². The van der Waals surface area contributed by atoms with Gasteiger partial charge in [-0.3, -0.25) is 0 Å². The van der Waals surface area contributed by atoms with Gasteiger partial charge in [-0.05, 0) is 23.1 Å². The average molecular weight is 247 g/mol. The lowest BCUT2D eigenvalue weighted by Crippen LogP contribution is -1.93. The first kappa shape index (κ1) is 11.7. The van der Waals surface area contributed by atoms with E-state index in [9.17, 15) is 4.79 Å². The van der Waals surface area contributed by atoms with Gasteiger partial charge in [-0.25, -0.2) is 4.79 Å². The summed E-state index contributed by atoms with van der Waals surface area (Å²) < 4.78 is 4.56. The van der Waals surface area contributed by atoms with Crippen molar-refractivity contribution in [2.75, 3.05) is 7.11 Å². The van der Waals surface area contributed by atoms with Crippen LogP contribution in [0, 0.1) is 0 Å². The Bertz CT molecular complexity index is 583. The van der Waals surface area contributed by atoms with Crippen LogP contribution in [-0.2, 0) is 9.53 Å². The van der Waals surface area contributed by atoms with Crippen LogP contribution in [0.4, 0.5) is 0 Å². The minimum absolute atomic E-state index is 0.381. The molecule has 0 aliphatic rings. The minimum Gasteiger partial charge on any atom is -0.466 e. The molecule has 0 radical (unpaired) electrons. The van der Waals surface area contributed by atoms with Crippen molar-refractivity contribution < 1.29 is 9.53 Å². The maximum absolute atomic E-state index is 11.1. The van der Waals surface area contributed by atoms with Crippen molar-refractivity contribution in [1.82, 2.24) is 0 Å². The van der Waals surface area contributed by atoms with E-state index in [0.717, 1.165) is 16.3 Å². The predicted octanol–water partition coefficient (Wildman–Crippen LogP) is 3.68. The molecule has 0 saturated carbocycles. The van der Waals surface area contributed by atoms with Crippen LogP contribution in [0.15, 0.2) is 42.5 Å². The summed E-state index contributed by atoms with van der Waals surface area (Å²) in [6.45, 7) is 0. The number of carbonyl (C=O) groups excluding carboxylic acids is 1. The molecule has 0 aliphatic heterocycles. The fourth-order valence-corrected chi connectivity index (χ4v) is 1.98. The van der Waals surface area contributed by atoms with Crippen LogP contribution in [0.1, 0.15) is 5.56 Å². The standard InChI is InChI=1S/C14H11ClO2/c1-17-13(16)9-8-11-5-2-4-10-6-3-7-12(15)14(10)11/h2-9H,1H3. The summed E-state index contributed by atoms with van der Waals surface area (Å²) in [5.41, 5.74) is 0.901. The highest BCUT2D eigenvalue weighted by Crippen LogP contribution is 2.27. The lowest BCUT2D eigenvalue weighted by Gasteiger charge is -2.04. The molecule has 17 heavy (non-hydrogen) atoms. The van der Waals surface area contributed by atoms with E-state index in [2.05, 4.69) is 4.74 Å². The fourth-order valence-electron chi connectivity index (χ4n) is 1.69. The van der Waals surface area contributed by atoms with Gasteiger partial charge in [0.25, 0.3) is 0 Å². The van der Waals surface area contributed by atoms with Crippen molar-refractivity contribution in [2.45, 2.75) is 0 Å². The molecule has 0 fully saturated rings. The Kier molecular flexibility index (Phi) is 3.45. The van der Waals surface area contributed by atoms with Crippen LogP contribution in [0.3, 0.4) is 0 Å². The number of methoxy groups -OCH3 is 1. The first-order valence-corrected chi connectivity index (χ1v) is 5.53. The van der Waals surface area contributed by atoms with Gasteiger partial charge in [0.05, 0.1) is 7.11 Å². The van der Waals surface area contributed by atoms with Crippen LogP contribution in [-0.4, -0.2) is 13.1 Å². The van der Waals surface area contributed by atoms with Crippen molar-refractivity contribution in [3.8, 4) is 0 Å². The average Bonchev–Trinajstić information content (AvgIpc) is 2.36.